The Morgan fingerprint density at radius 2 is 0.500 bits per heavy atom. The van der Waals surface area contributed by atoms with Gasteiger partial charge in [-0.1, -0.05) is 111 Å². The number of benzene rings is 2. The van der Waals surface area contributed by atoms with Gasteiger partial charge in [-0.3, -0.25) is 0 Å². The third-order valence-corrected chi connectivity index (χ3v) is 2.85. The summed E-state index contributed by atoms with van der Waals surface area (Å²) in [7, 11) is 0. The van der Waals surface area contributed by atoms with E-state index in [1.54, 1.807) is 0 Å². The third-order valence-electron chi connectivity index (χ3n) is 2.85. The minimum atomic E-state index is 0. The Kier molecular flexibility index (Phi) is 80.5. The molecular weight excluding hydrogens is 336 g/mol. The van der Waals surface area contributed by atoms with Gasteiger partial charge in [0.05, 0.1) is 0 Å². The topological polar surface area (TPSA) is 35.0 Å². The quantitative estimate of drug-likeness (QED) is 0.451. The van der Waals surface area contributed by atoms with E-state index in [2.05, 4.69) is 76.2 Å². The van der Waals surface area contributed by atoms with Gasteiger partial charge in [0.2, 0.25) is 0 Å². The molecule has 0 heterocycles. The number of rotatable bonds is 0. The summed E-state index contributed by atoms with van der Waals surface area (Å²) in [5.41, 5.74) is 5.47. The SMILES string of the molecule is C.CC.CC.CC.CC.Cc1ccccc1C.Cc1ccccc1C.N.[B].[B]. The maximum absolute atomic E-state index is 2.12. The number of hydrogen-bond donors (Lipinski definition) is 1. The van der Waals surface area contributed by atoms with Crippen molar-refractivity contribution in [3.05, 3.63) is 70.8 Å². The van der Waals surface area contributed by atoms with E-state index in [1.165, 1.54) is 22.3 Å². The summed E-state index contributed by atoms with van der Waals surface area (Å²) in [6.07, 6.45) is 0. The van der Waals surface area contributed by atoms with Gasteiger partial charge in [-0.2, -0.15) is 0 Å². The lowest BCUT2D eigenvalue weighted by molar-refractivity contribution is 1.34. The van der Waals surface area contributed by atoms with Gasteiger partial charge in [-0.15, -0.1) is 0 Å². The fourth-order valence-corrected chi connectivity index (χ4v) is 1.33. The van der Waals surface area contributed by atoms with Crippen molar-refractivity contribution in [3.8, 4) is 0 Å². The van der Waals surface area contributed by atoms with Crippen molar-refractivity contribution in [1.82, 2.24) is 6.15 Å². The molecule has 0 saturated heterocycles. The van der Waals surface area contributed by atoms with E-state index in [-0.39, 0.29) is 30.4 Å². The molecule has 2 rings (SSSR count). The fourth-order valence-electron chi connectivity index (χ4n) is 1.33. The van der Waals surface area contributed by atoms with Crippen molar-refractivity contribution >= 4 is 16.8 Å². The van der Waals surface area contributed by atoms with Crippen LogP contribution in [0.3, 0.4) is 0 Å². The summed E-state index contributed by atoms with van der Waals surface area (Å²) in [5, 5.41) is 0. The van der Waals surface area contributed by atoms with Crippen LogP contribution in [0.15, 0.2) is 48.5 Å². The Labute approximate surface area is 184 Å². The Hall–Kier alpha value is -1.47. The zero-order valence-electron chi connectivity index (χ0n) is 20.5. The summed E-state index contributed by atoms with van der Waals surface area (Å²) < 4.78 is 0. The molecule has 0 amide bonds. The van der Waals surface area contributed by atoms with Crippen molar-refractivity contribution in [2.45, 2.75) is 90.5 Å². The van der Waals surface area contributed by atoms with Crippen molar-refractivity contribution < 1.29 is 0 Å². The second-order valence-corrected chi connectivity index (χ2v) is 4.17. The molecule has 3 heteroatoms. The normalized spacial score (nSPS) is 6.14. The maximum atomic E-state index is 2.12. The van der Waals surface area contributed by atoms with Gasteiger partial charge in [-0.25, -0.2) is 0 Å². The molecule has 2 aromatic rings. The summed E-state index contributed by atoms with van der Waals surface area (Å²) >= 11 is 0. The largest absolute Gasteiger partial charge is 0.344 e. The maximum Gasteiger partial charge on any atom is 0 e. The van der Waals surface area contributed by atoms with E-state index in [0.717, 1.165) is 0 Å². The molecule has 0 aliphatic heterocycles. The van der Waals surface area contributed by atoms with Crippen LogP contribution in [0, 0.1) is 27.7 Å². The van der Waals surface area contributed by atoms with Gasteiger partial charge in [0.15, 0.2) is 0 Å². The van der Waals surface area contributed by atoms with Crippen LogP contribution in [-0.4, -0.2) is 16.8 Å². The molecule has 6 radical (unpaired) electrons. The van der Waals surface area contributed by atoms with E-state index < -0.39 is 0 Å². The van der Waals surface area contributed by atoms with Gasteiger partial charge in [-0.05, 0) is 49.9 Å². The predicted octanol–water partition coefficient (Wildman–Crippen LogP) is 8.75. The molecule has 3 N–H and O–H groups in total. The predicted molar refractivity (Wildman–Crippen MR) is 140 cm³/mol. The average Bonchev–Trinajstić information content (AvgIpc) is 2.67. The summed E-state index contributed by atoms with van der Waals surface area (Å²) in [6, 6.07) is 16.7. The number of hydrogen-bond acceptors (Lipinski definition) is 1. The smallest absolute Gasteiger partial charge is 0 e. The molecule has 0 fully saturated rings. The van der Waals surface area contributed by atoms with Crippen LogP contribution in [0.25, 0.3) is 0 Å². The Balaban J connectivity index is -0.0000000318. The molecule has 0 aliphatic rings. The lowest BCUT2D eigenvalue weighted by Crippen LogP contribution is -1.74. The second-order valence-electron chi connectivity index (χ2n) is 4.17. The van der Waals surface area contributed by atoms with Gasteiger partial charge in [0.25, 0.3) is 0 Å². The molecule has 0 spiro atoms. The monoisotopic (exact) mass is 387 g/mol. The molecule has 0 aliphatic carbocycles. The van der Waals surface area contributed by atoms with Crippen molar-refractivity contribution in [2.75, 3.05) is 0 Å². The van der Waals surface area contributed by atoms with Crippen molar-refractivity contribution in [3.63, 3.8) is 0 Å². The first-order valence-electron chi connectivity index (χ1n) is 9.65. The van der Waals surface area contributed by atoms with E-state index >= 15 is 0 Å². The highest BCUT2D eigenvalue weighted by molar-refractivity contribution is 5.76. The Morgan fingerprint density at radius 1 is 0.393 bits per heavy atom. The van der Waals surface area contributed by atoms with Gasteiger partial charge in [0.1, 0.15) is 0 Å². The van der Waals surface area contributed by atoms with Crippen LogP contribution in [0.4, 0.5) is 0 Å². The van der Waals surface area contributed by atoms with Crippen LogP contribution in [0.2, 0.25) is 0 Å². The van der Waals surface area contributed by atoms with E-state index in [1.807, 2.05) is 55.4 Å². The Morgan fingerprint density at radius 3 is 0.571 bits per heavy atom. The summed E-state index contributed by atoms with van der Waals surface area (Å²) in [6.45, 7) is 24.5. The first-order valence-corrected chi connectivity index (χ1v) is 9.65. The minimum absolute atomic E-state index is 0. The van der Waals surface area contributed by atoms with Gasteiger partial charge >= 0.3 is 0 Å². The van der Waals surface area contributed by atoms with Crippen molar-refractivity contribution in [2.24, 2.45) is 0 Å². The summed E-state index contributed by atoms with van der Waals surface area (Å²) in [5.74, 6) is 0. The molecule has 0 unspecified atom stereocenters. The van der Waals surface area contributed by atoms with E-state index in [4.69, 9.17) is 0 Å². The van der Waals surface area contributed by atoms with Crippen LogP contribution in [0.1, 0.15) is 85.1 Å². The third kappa shape index (κ3) is 32.2. The van der Waals surface area contributed by atoms with Crippen LogP contribution in [-0.2, 0) is 0 Å². The zero-order valence-corrected chi connectivity index (χ0v) is 20.5. The molecule has 0 aromatic heterocycles. The highest BCUT2D eigenvalue weighted by Gasteiger charge is 1.84. The van der Waals surface area contributed by atoms with E-state index in [0.29, 0.717) is 0 Å². The minimum Gasteiger partial charge on any atom is -0.344 e. The van der Waals surface area contributed by atoms with Gasteiger partial charge < -0.3 is 6.15 Å². The lowest BCUT2D eigenvalue weighted by Gasteiger charge is -1.93. The van der Waals surface area contributed by atoms with Gasteiger partial charge in [0, 0.05) is 16.8 Å². The fraction of sp³-hybridized carbons (Fsp3) is 0.520. The molecule has 0 saturated carbocycles. The second kappa shape index (κ2) is 44.7. The van der Waals surface area contributed by atoms with Crippen LogP contribution >= 0.6 is 0 Å². The van der Waals surface area contributed by atoms with Crippen LogP contribution < -0.4 is 6.15 Å². The first-order chi connectivity index (χ1) is 11.6. The average molecular weight is 387 g/mol. The summed E-state index contributed by atoms with van der Waals surface area (Å²) in [4.78, 5) is 0. The van der Waals surface area contributed by atoms with E-state index in [9.17, 15) is 0 Å². The number of aryl methyl sites for hydroxylation is 4. The zero-order chi connectivity index (χ0) is 20.0. The molecule has 0 bridgehead atoms. The van der Waals surface area contributed by atoms with Crippen LogP contribution in [0.5, 0.6) is 0 Å². The highest BCUT2D eigenvalue weighted by Crippen LogP contribution is 2.03. The first kappa shape index (κ1) is 50.4. The molecule has 0 atom stereocenters. The molecule has 162 valence electrons. The lowest BCUT2D eigenvalue weighted by atomic mass is 10.1. The Bertz CT molecular complexity index is 372. The highest BCUT2D eigenvalue weighted by atomic mass is 14.0. The van der Waals surface area contributed by atoms with Crippen molar-refractivity contribution in [1.29, 1.82) is 0 Å². The molecule has 1 nitrogen and oxygen atoms in total. The molecule has 28 heavy (non-hydrogen) atoms. The molecule has 2 aromatic carbocycles. The standard InChI is InChI=1S/2C8H10.4C2H6.CH4.2B.H3N/c2*1-7-5-3-4-6-8(7)2;4*1-2;;;;/h2*3-6H,1-2H3;4*1-2H3;1H4;;;1H3. The molecular formula is C25H51B2N.